The number of aromatic nitrogens is 1. The van der Waals surface area contributed by atoms with Gasteiger partial charge in [0.2, 0.25) is 0 Å². The number of rotatable bonds is 8. The summed E-state index contributed by atoms with van der Waals surface area (Å²) < 4.78 is 13.7. The minimum absolute atomic E-state index is 0.00406. The predicted molar refractivity (Wildman–Crippen MR) is 142 cm³/mol. The van der Waals surface area contributed by atoms with E-state index in [1.807, 2.05) is 38.2 Å². The van der Waals surface area contributed by atoms with Gasteiger partial charge in [-0.1, -0.05) is 60.8 Å². The summed E-state index contributed by atoms with van der Waals surface area (Å²) >= 11 is 12.2. The van der Waals surface area contributed by atoms with E-state index in [-0.39, 0.29) is 11.1 Å². The maximum Gasteiger partial charge on any atom is 0.150 e. The fraction of sp³-hybridized carbons (Fsp3) is 0.259. The molecule has 34 heavy (non-hydrogen) atoms. The second-order valence-corrected chi connectivity index (χ2v) is 8.04. The van der Waals surface area contributed by atoms with Gasteiger partial charge in [0, 0.05) is 27.9 Å². The topological polar surface area (TPSA) is 54.0 Å². The van der Waals surface area contributed by atoms with Crippen molar-refractivity contribution in [2.75, 3.05) is 18.9 Å². The molecule has 2 N–H and O–H groups in total. The zero-order chi connectivity index (χ0) is 25.5. The van der Waals surface area contributed by atoms with Crippen molar-refractivity contribution in [3.05, 3.63) is 81.7 Å². The lowest BCUT2D eigenvalue weighted by Gasteiger charge is -2.18. The Hall–Kier alpha value is -2.91. The predicted octanol–water partition coefficient (Wildman–Crippen LogP) is 7.44. The van der Waals surface area contributed by atoms with Crippen LogP contribution >= 0.6 is 23.2 Å². The number of terminal acetylenes is 1. The molecular weight excluding hydrogens is 472 g/mol. The second kappa shape index (κ2) is 15.8. The van der Waals surface area contributed by atoms with Crippen molar-refractivity contribution < 1.29 is 9.18 Å². The number of hydrogen-bond donors (Lipinski definition) is 2. The van der Waals surface area contributed by atoms with Gasteiger partial charge in [-0.25, -0.2) is 9.37 Å². The highest BCUT2D eigenvalue weighted by Crippen LogP contribution is 2.34. The Morgan fingerprint density at radius 2 is 1.71 bits per heavy atom. The average molecular weight is 502 g/mol. The fourth-order valence-corrected chi connectivity index (χ4v) is 3.69. The van der Waals surface area contributed by atoms with Crippen molar-refractivity contribution >= 4 is 35.3 Å². The number of benzene rings is 2. The number of nitrogens with zero attached hydrogens (tertiary/aromatic N) is 1. The molecule has 1 heterocycles. The van der Waals surface area contributed by atoms with E-state index < -0.39 is 5.82 Å². The summed E-state index contributed by atoms with van der Waals surface area (Å²) in [7, 11) is 1.98. The van der Waals surface area contributed by atoms with Crippen LogP contribution in [0.4, 0.5) is 10.2 Å². The Kier molecular flexibility index (Phi) is 13.6. The number of unbranched alkanes of at least 4 members (excludes halogenated alkanes) is 1. The first-order valence-electron chi connectivity index (χ1n) is 10.8. The van der Waals surface area contributed by atoms with Crippen LogP contribution in [0.5, 0.6) is 0 Å². The highest BCUT2D eigenvalue weighted by Gasteiger charge is 2.17. The molecule has 3 aromatic rings. The van der Waals surface area contributed by atoms with Crippen LogP contribution < -0.4 is 10.6 Å². The maximum absolute atomic E-state index is 13.7. The Morgan fingerprint density at radius 3 is 2.21 bits per heavy atom. The third kappa shape index (κ3) is 8.79. The molecule has 0 amide bonds. The molecule has 1 aromatic heterocycles. The molecule has 1 unspecified atom stereocenters. The van der Waals surface area contributed by atoms with E-state index in [1.54, 1.807) is 18.3 Å². The van der Waals surface area contributed by atoms with E-state index in [0.717, 1.165) is 24.0 Å². The van der Waals surface area contributed by atoms with Crippen LogP contribution in [0.2, 0.25) is 10.0 Å². The Bertz CT molecular complexity index is 1030. The van der Waals surface area contributed by atoms with Gasteiger partial charge in [-0.15, -0.1) is 12.8 Å². The lowest BCUT2D eigenvalue weighted by molar-refractivity contribution is 0.112. The molecule has 0 saturated heterocycles. The number of anilines is 1. The number of hydrogen-bond acceptors (Lipinski definition) is 4. The monoisotopic (exact) mass is 501 g/mol. The van der Waals surface area contributed by atoms with E-state index >= 15 is 0 Å². The molecular formula is C27H30Cl2FN3O. The smallest absolute Gasteiger partial charge is 0.150 e. The summed E-state index contributed by atoms with van der Waals surface area (Å²) in [4.78, 5) is 15.1. The molecule has 0 fully saturated rings. The first kappa shape index (κ1) is 29.1. The third-order valence-corrected chi connectivity index (χ3v) is 5.51. The molecule has 0 aliphatic heterocycles. The van der Waals surface area contributed by atoms with Gasteiger partial charge >= 0.3 is 0 Å². The van der Waals surface area contributed by atoms with Crippen molar-refractivity contribution in [1.82, 2.24) is 10.3 Å². The molecule has 0 aliphatic carbocycles. The molecule has 0 bridgehead atoms. The molecule has 0 radical (unpaired) electrons. The second-order valence-electron chi connectivity index (χ2n) is 7.25. The van der Waals surface area contributed by atoms with Crippen LogP contribution in [0.15, 0.2) is 54.7 Å². The number of halogens is 3. The molecule has 0 spiro atoms. The highest BCUT2D eigenvalue weighted by molar-refractivity contribution is 6.36. The first-order valence-corrected chi connectivity index (χ1v) is 11.6. The van der Waals surface area contributed by atoms with E-state index in [4.69, 9.17) is 23.2 Å². The van der Waals surface area contributed by atoms with Crippen molar-refractivity contribution in [3.8, 4) is 24.0 Å². The van der Waals surface area contributed by atoms with Crippen molar-refractivity contribution in [2.24, 2.45) is 0 Å². The number of pyridine rings is 1. The van der Waals surface area contributed by atoms with Gasteiger partial charge in [0.1, 0.15) is 17.9 Å². The molecule has 1 atom stereocenters. The number of aldehydes is 1. The highest BCUT2D eigenvalue weighted by atomic mass is 35.5. The van der Waals surface area contributed by atoms with Crippen molar-refractivity contribution in [3.63, 3.8) is 0 Å². The quantitative estimate of drug-likeness (QED) is 0.146. The van der Waals surface area contributed by atoms with E-state index in [1.165, 1.54) is 25.0 Å². The third-order valence-electron chi connectivity index (χ3n) is 4.80. The van der Waals surface area contributed by atoms with Crippen LogP contribution in [0.1, 0.15) is 48.7 Å². The summed E-state index contributed by atoms with van der Waals surface area (Å²) in [6.07, 6.45) is 13.1. The molecule has 4 nitrogen and oxygen atoms in total. The maximum atomic E-state index is 13.7. The molecule has 7 heteroatoms. The molecule has 180 valence electrons. The van der Waals surface area contributed by atoms with E-state index in [0.29, 0.717) is 22.0 Å². The zero-order valence-corrected chi connectivity index (χ0v) is 21.1. The van der Waals surface area contributed by atoms with Crippen LogP contribution in [0.25, 0.3) is 11.1 Å². The van der Waals surface area contributed by atoms with E-state index in [2.05, 4.69) is 35.4 Å². The van der Waals surface area contributed by atoms with Gasteiger partial charge in [-0.3, -0.25) is 4.79 Å². The summed E-state index contributed by atoms with van der Waals surface area (Å²) in [5, 5.41) is 6.64. The summed E-state index contributed by atoms with van der Waals surface area (Å²) in [6, 6.07) is 13.4. The Labute approximate surface area is 211 Å². The van der Waals surface area contributed by atoms with Crippen LogP contribution in [0.3, 0.4) is 0 Å². The summed E-state index contributed by atoms with van der Waals surface area (Å²) in [6.45, 7) is 5.19. The lowest BCUT2D eigenvalue weighted by atomic mass is 10.1. The normalized spacial score (nSPS) is 10.7. The molecule has 0 saturated carbocycles. The summed E-state index contributed by atoms with van der Waals surface area (Å²) in [5.41, 5.74) is 2.99. The van der Waals surface area contributed by atoms with Gasteiger partial charge in [0.25, 0.3) is 0 Å². The van der Waals surface area contributed by atoms with Crippen molar-refractivity contribution in [2.45, 2.75) is 32.7 Å². The van der Waals surface area contributed by atoms with Gasteiger partial charge < -0.3 is 10.6 Å². The van der Waals surface area contributed by atoms with Gasteiger partial charge in [-0.05, 0) is 56.8 Å². The van der Waals surface area contributed by atoms with Gasteiger partial charge in [0.15, 0.2) is 0 Å². The largest absolute Gasteiger partial charge is 0.363 e. The number of nitrogens with one attached hydrogen (secondary N) is 2. The summed E-state index contributed by atoms with van der Waals surface area (Å²) in [5.74, 6) is 0.101. The molecule has 3 rings (SSSR count). The molecule has 2 aromatic carbocycles. The SMILES string of the molecule is C#C.CC(Nc1ccc(-c2ccc(C=O)cc2)cn1)c1c(Cl)ccc(F)c1Cl.CCCCNC. The Morgan fingerprint density at radius 1 is 1.06 bits per heavy atom. The number of carbonyl (C=O) groups excluding carboxylic acids is 1. The standard InChI is InChI=1S/C20H15Cl2FN2O.C5H13N.C2H2/c1-12(19-16(21)7-8-17(23)20(19)22)25-18-9-6-15(10-24-18)14-4-2-13(11-26)3-5-14;1-3-4-5-6-2;1-2/h2-12H,1H3,(H,24,25);6H,3-5H2,1-2H3;1-2H. The van der Waals surface area contributed by atoms with Crippen molar-refractivity contribution in [1.29, 1.82) is 0 Å². The van der Waals surface area contributed by atoms with E-state index in [9.17, 15) is 9.18 Å². The van der Waals surface area contributed by atoms with Crippen LogP contribution in [0, 0.1) is 18.7 Å². The van der Waals surface area contributed by atoms with Crippen LogP contribution in [-0.2, 0) is 0 Å². The molecule has 0 aliphatic rings. The zero-order valence-electron chi connectivity index (χ0n) is 19.6. The minimum atomic E-state index is -0.512. The Balaban J connectivity index is 0.000000631. The first-order chi connectivity index (χ1) is 16.4. The lowest BCUT2D eigenvalue weighted by Crippen LogP contribution is -2.09. The van der Waals surface area contributed by atoms with Crippen LogP contribution in [-0.4, -0.2) is 24.9 Å². The van der Waals surface area contributed by atoms with Gasteiger partial charge in [0.05, 0.1) is 11.1 Å². The minimum Gasteiger partial charge on any atom is -0.363 e. The fourth-order valence-electron chi connectivity index (χ4n) is 2.99. The number of carbonyl (C=O) groups is 1. The average Bonchev–Trinajstić information content (AvgIpc) is 2.87. The van der Waals surface area contributed by atoms with Gasteiger partial charge in [-0.2, -0.15) is 0 Å².